The molecule has 0 aromatic carbocycles. The van der Waals surface area contributed by atoms with Gasteiger partial charge < -0.3 is 10.2 Å². The number of rotatable bonds is 9. The third-order valence-electron chi connectivity index (χ3n) is 5.66. The fourth-order valence-corrected chi connectivity index (χ4v) is 4.17. The van der Waals surface area contributed by atoms with Crippen LogP contribution in [0.5, 0.6) is 0 Å². The van der Waals surface area contributed by atoms with Crippen molar-refractivity contribution in [1.82, 2.24) is 10.2 Å². The normalized spacial score (nSPS) is 25.3. The molecule has 3 unspecified atom stereocenters. The first kappa shape index (κ1) is 19.0. The van der Waals surface area contributed by atoms with Gasteiger partial charge in [-0.25, -0.2) is 0 Å². The van der Waals surface area contributed by atoms with Gasteiger partial charge in [0.1, 0.15) is 0 Å². The van der Waals surface area contributed by atoms with E-state index >= 15 is 0 Å². The van der Waals surface area contributed by atoms with E-state index in [0.717, 1.165) is 17.9 Å². The van der Waals surface area contributed by atoms with E-state index in [-0.39, 0.29) is 0 Å². The van der Waals surface area contributed by atoms with Crippen molar-refractivity contribution in [2.75, 3.05) is 20.6 Å². The van der Waals surface area contributed by atoms with Crippen molar-refractivity contribution in [1.29, 1.82) is 0 Å². The lowest BCUT2D eigenvalue weighted by molar-refractivity contribution is 0.187. The highest BCUT2D eigenvalue weighted by Crippen LogP contribution is 2.27. The van der Waals surface area contributed by atoms with Crippen LogP contribution in [0, 0.1) is 11.8 Å². The minimum absolute atomic E-state index is 0.690. The van der Waals surface area contributed by atoms with Gasteiger partial charge in [-0.15, -0.1) is 0 Å². The van der Waals surface area contributed by atoms with Crippen LogP contribution in [0.3, 0.4) is 0 Å². The molecule has 0 aliphatic heterocycles. The fraction of sp³-hybridized carbons (Fsp3) is 1.00. The molecule has 0 heterocycles. The van der Waals surface area contributed by atoms with Gasteiger partial charge in [0.15, 0.2) is 0 Å². The Balaban J connectivity index is 2.41. The summed E-state index contributed by atoms with van der Waals surface area (Å²) in [7, 11) is 4.49. The largest absolute Gasteiger partial charge is 0.312 e. The molecule has 1 N–H and O–H groups in total. The van der Waals surface area contributed by atoms with Crippen LogP contribution in [0.4, 0.5) is 0 Å². The smallest absolute Gasteiger partial charge is 0.0242 e. The summed E-state index contributed by atoms with van der Waals surface area (Å²) in [5, 5.41) is 3.91. The zero-order chi connectivity index (χ0) is 15.7. The predicted molar refractivity (Wildman–Crippen MR) is 94.8 cm³/mol. The van der Waals surface area contributed by atoms with Gasteiger partial charge in [0.05, 0.1) is 0 Å². The number of nitrogens with one attached hydrogen (secondary N) is 1. The molecule has 0 bridgehead atoms. The lowest BCUT2D eigenvalue weighted by Gasteiger charge is -2.33. The van der Waals surface area contributed by atoms with E-state index in [4.69, 9.17) is 0 Å². The maximum atomic E-state index is 3.91. The molecule has 1 aliphatic rings. The summed E-state index contributed by atoms with van der Waals surface area (Å²) in [6.07, 6.45) is 12.5. The van der Waals surface area contributed by atoms with Crippen molar-refractivity contribution >= 4 is 0 Å². The number of nitrogens with zero attached hydrogens (tertiary/aromatic N) is 1. The molecule has 2 nitrogen and oxygen atoms in total. The summed E-state index contributed by atoms with van der Waals surface area (Å²) in [5.74, 6) is 1.83. The number of likely N-dealkylation sites (N-methyl/N-ethyl adjacent to an activating group) is 1. The van der Waals surface area contributed by atoms with Gasteiger partial charge in [-0.1, -0.05) is 59.3 Å². The fourth-order valence-electron chi connectivity index (χ4n) is 4.17. The average Bonchev–Trinajstić information content (AvgIpc) is 2.69. The van der Waals surface area contributed by atoms with Gasteiger partial charge in [0.25, 0.3) is 0 Å². The van der Waals surface area contributed by atoms with E-state index in [0.29, 0.717) is 6.04 Å². The lowest BCUT2D eigenvalue weighted by atomic mass is 9.92. The molecule has 0 aromatic heterocycles. The summed E-state index contributed by atoms with van der Waals surface area (Å²) in [6.45, 7) is 8.18. The van der Waals surface area contributed by atoms with Gasteiger partial charge in [0, 0.05) is 18.6 Å². The first-order valence-corrected chi connectivity index (χ1v) is 9.52. The van der Waals surface area contributed by atoms with E-state index in [1.165, 1.54) is 64.3 Å². The van der Waals surface area contributed by atoms with E-state index in [1.54, 1.807) is 0 Å². The van der Waals surface area contributed by atoms with Crippen molar-refractivity contribution in [2.24, 2.45) is 11.8 Å². The summed E-state index contributed by atoms with van der Waals surface area (Å²) >= 11 is 0. The Morgan fingerprint density at radius 1 is 1.00 bits per heavy atom. The second kappa shape index (κ2) is 10.6. The molecule has 0 amide bonds. The second-order valence-corrected chi connectivity index (χ2v) is 7.38. The molecule has 0 saturated heterocycles. The molecular weight excluding hydrogens is 256 g/mol. The molecule has 0 radical (unpaired) electrons. The SMILES string of the molecule is CCCC1CCCC(NCC(C(CC)CC)N(C)C)CC1. The predicted octanol–water partition coefficient (Wildman–Crippen LogP) is 4.69. The van der Waals surface area contributed by atoms with Crippen LogP contribution >= 0.6 is 0 Å². The highest BCUT2D eigenvalue weighted by molar-refractivity contribution is 4.81. The van der Waals surface area contributed by atoms with Crippen molar-refractivity contribution in [2.45, 2.75) is 90.6 Å². The van der Waals surface area contributed by atoms with Crippen LogP contribution < -0.4 is 5.32 Å². The zero-order valence-electron chi connectivity index (χ0n) is 15.3. The van der Waals surface area contributed by atoms with Gasteiger partial charge in [-0.05, 0) is 45.2 Å². The van der Waals surface area contributed by atoms with E-state index in [9.17, 15) is 0 Å². The van der Waals surface area contributed by atoms with Crippen molar-refractivity contribution < 1.29 is 0 Å². The van der Waals surface area contributed by atoms with Crippen molar-refractivity contribution in [3.8, 4) is 0 Å². The van der Waals surface area contributed by atoms with Crippen LogP contribution in [-0.2, 0) is 0 Å². The zero-order valence-corrected chi connectivity index (χ0v) is 15.3. The van der Waals surface area contributed by atoms with Gasteiger partial charge in [0.2, 0.25) is 0 Å². The van der Waals surface area contributed by atoms with Crippen LogP contribution in [-0.4, -0.2) is 37.6 Å². The molecule has 1 aliphatic carbocycles. The first-order valence-electron chi connectivity index (χ1n) is 9.52. The van der Waals surface area contributed by atoms with E-state index < -0.39 is 0 Å². The molecule has 21 heavy (non-hydrogen) atoms. The highest BCUT2D eigenvalue weighted by atomic mass is 15.1. The minimum atomic E-state index is 0.690. The Kier molecular flexibility index (Phi) is 9.59. The molecule has 0 spiro atoms. The Morgan fingerprint density at radius 2 is 1.71 bits per heavy atom. The first-order chi connectivity index (χ1) is 10.1. The Morgan fingerprint density at radius 3 is 2.29 bits per heavy atom. The Labute approximate surface area is 134 Å². The molecule has 1 saturated carbocycles. The molecule has 1 fully saturated rings. The second-order valence-electron chi connectivity index (χ2n) is 7.38. The van der Waals surface area contributed by atoms with Crippen LogP contribution in [0.2, 0.25) is 0 Å². The van der Waals surface area contributed by atoms with Crippen molar-refractivity contribution in [3.63, 3.8) is 0 Å². The maximum Gasteiger partial charge on any atom is 0.0242 e. The minimum Gasteiger partial charge on any atom is -0.312 e. The molecule has 2 heteroatoms. The molecule has 1 rings (SSSR count). The number of hydrogen-bond acceptors (Lipinski definition) is 2. The lowest BCUT2D eigenvalue weighted by Crippen LogP contribution is -2.45. The third-order valence-corrected chi connectivity index (χ3v) is 5.66. The number of hydrogen-bond donors (Lipinski definition) is 1. The summed E-state index contributed by atoms with van der Waals surface area (Å²) in [5.41, 5.74) is 0. The molecular formula is C19H40N2. The van der Waals surface area contributed by atoms with E-state index in [2.05, 4.69) is 45.1 Å². The van der Waals surface area contributed by atoms with Gasteiger partial charge in [-0.2, -0.15) is 0 Å². The monoisotopic (exact) mass is 296 g/mol. The Hall–Kier alpha value is -0.0800. The summed E-state index contributed by atoms with van der Waals surface area (Å²) in [4.78, 5) is 2.43. The van der Waals surface area contributed by atoms with Crippen molar-refractivity contribution in [3.05, 3.63) is 0 Å². The summed E-state index contributed by atoms with van der Waals surface area (Å²) < 4.78 is 0. The maximum absolute atomic E-state index is 3.91. The van der Waals surface area contributed by atoms with Crippen LogP contribution in [0.15, 0.2) is 0 Å². The molecule has 0 aromatic rings. The molecule has 3 atom stereocenters. The summed E-state index contributed by atoms with van der Waals surface area (Å²) in [6, 6.07) is 1.46. The molecule has 126 valence electrons. The van der Waals surface area contributed by atoms with E-state index in [1.807, 2.05) is 0 Å². The third kappa shape index (κ3) is 6.69. The highest BCUT2D eigenvalue weighted by Gasteiger charge is 2.23. The van der Waals surface area contributed by atoms with Gasteiger partial charge in [-0.3, -0.25) is 0 Å². The quantitative estimate of drug-likeness (QED) is 0.621. The average molecular weight is 297 g/mol. The Bertz CT molecular complexity index is 248. The topological polar surface area (TPSA) is 15.3 Å². The standard InChI is InChI=1S/C19H40N2/c1-6-10-16-11-9-12-18(14-13-16)20-15-19(21(4)5)17(7-2)8-3/h16-20H,6-15H2,1-5H3. The van der Waals surface area contributed by atoms with Gasteiger partial charge >= 0.3 is 0 Å². The van der Waals surface area contributed by atoms with Crippen LogP contribution in [0.25, 0.3) is 0 Å². The van der Waals surface area contributed by atoms with Crippen LogP contribution in [0.1, 0.15) is 78.6 Å².